The minimum Gasteiger partial charge on any atom is -0.497 e. The van der Waals surface area contributed by atoms with Crippen LogP contribution in [0.25, 0.3) is 0 Å². The van der Waals surface area contributed by atoms with Crippen molar-refractivity contribution in [3.8, 4) is 5.75 Å². The lowest BCUT2D eigenvalue weighted by atomic mass is 9.68. The van der Waals surface area contributed by atoms with Crippen molar-refractivity contribution in [2.45, 2.75) is 12.5 Å². The van der Waals surface area contributed by atoms with Crippen molar-refractivity contribution in [3.63, 3.8) is 0 Å². The molecule has 0 aromatic heterocycles. The van der Waals surface area contributed by atoms with Crippen molar-refractivity contribution in [1.82, 2.24) is 5.32 Å². The summed E-state index contributed by atoms with van der Waals surface area (Å²) in [6.07, 6.45) is 0.0341. The van der Waals surface area contributed by atoms with Crippen LogP contribution in [0.2, 0.25) is 0 Å². The van der Waals surface area contributed by atoms with Crippen LogP contribution in [0.3, 0.4) is 0 Å². The molecule has 3 heterocycles. The topological polar surface area (TPSA) is 79.0 Å². The van der Waals surface area contributed by atoms with Gasteiger partial charge in [0.25, 0.3) is 5.91 Å². The number of fused-ring (bicyclic) bond motifs is 4. The highest BCUT2D eigenvalue weighted by molar-refractivity contribution is 7.99. The van der Waals surface area contributed by atoms with Gasteiger partial charge in [0.1, 0.15) is 11.6 Å². The number of nitrogens with zero attached hydrogens (tertiary/aromatic N) is 2. The van der Waals surface area contributed by atoms with E-state index < -0.39 is 29.3 Å². The van der Waals surface area contributed by atoms with E-state index in [9.17, 15) is 18.8 Å². The van der Waals surface area contributed by atoms with E-state index in [1.807, 2.05) is 4.90 Å². The number of anilines is 2. The first-order chi connectivity index (χ1) is 15.0. The quantitative estimate of drug-likeness (QED) is 0.722. The fourth-order valence-corrected chi connectivity index (χ4v) is 5.97. The Balaban J connectivity index is 1.64. The number of hydrogen-bond donors (Lipinski definition) is 1. The van der Waals surface area contributed by atoms with E-state index in [1.165, 1.54) is 13.2 Å². The summed E-state index contributed by atoms with van der Waals surface area (Å²) in [5.41, 5.74) is -0.139. The van der Waals surface area contributed by atoms with Gasteiger partial charge in [0, 0.05) is 18.1 Å². The summed E-state index contributed by atoms with van der Waals surface area (Å²) in [6, 6.07) is 9.87. The van der Waals surface area contributed by atoms with Crippen molar-refractivity contribution in [2.75, 3.05) is 35.0 Å². The Labute approximate surface area is 182 Å². The molecule has 0 aliphatic carbocycles. The zero-order valence-electron chi connectivity index (χ0n) is 16.8. The second kappa shape index (κ2) is 7.26. The number of rotatable bonds is 2. The average molecular weight is 441 g/mol. The number of barbiturate groups is 1. The van der Waals surface area contributed by atoms with Gasteiger partial charge in [0.2, 0.25) is 5.91 Å². The molecule has 0 bridgehead atoms. The molecule has 5 rings (SSSR count). The first-order valence-electron chi connectivity index (χ1n) is 9.93. The van der Waals surface area contributed by atoms with Gasteiger partial charge in [-0.15, -0.1) is 0 Å². The third kappa shape index (κ3) is 2.83. The number of carbonyl (C=O) groups excluding carboxylic acids is 3. The van der Waals surface area contributed by atoms with Gasteiger partial charge in [0.05, 0.1) is 24.5 Å². The fraction of sp³-hybridized carbons (Fsp3) is 0.318. The van der Waals surface area contributed by atoms with Crippen LogP contribution in [0.1, 0.15) is 5.56 Å². The Kier molecular flexibility index (Phi) is 4.65. The molecule has 0 radical (unpaired) electrons. The zero-order valence-corrected chi connectivity index (χ0v) is 17.6. The predicted molar refractivity (Wildman–Crippen MR) is 115 cm³/mol. The third-order valence-electron chi connectivity index (χ3n) is 6.27. The van der Waals surface area contributed by atoms with Crippen LogP contribution < -0.4 is 19.9 Å². The van der Waals surface area contributed by atoms with Gasteiger partial charge in [-0.2, -0.15) is 11.8 Å². The molecular weight excluding hydrogens is 421 g/mol. The molecule has 4 amide bonds. The van der Waals surface area contributed by atoms with Crippen molar-refractivity contribution < 1.29 is 23.5 Å². The number of urea groups is 1. The molecular formula is C22H20FN3O4S. The molecule has 2 saturated heterocycles. The van der Waals surface area contributed by atoms with Crippen molar-refractivity contribution in [3.05, 3.63) is 53.8 Å². The van der Waals surface area contributed by atoms with Gasteiger partial charge in [-0.1, -0.05) is 12.1 Å². The summed E-state index contributed by atoms with van der Waals surface area (Å²) >= 11 is 1.62. The average Bonchev–Trinajstić information content (AvgIpc) is 2.78. The Morgan fingerprint density at radius 3 is 2.68 bits per heavy atom. The standard InChI is InChI=1S/C22H20FN3O4S/c1-30-15-7-5-14(6-8-15)26-20(28)22(19(27)24-21(26)29)11-13-3-2-4-16(23)18(13)25-9-10-31-12-17(22)25/h2-8,17H,9-12H2,1H3,(H,24,27,29)/t17-,22+/m0/s1. The van der Waals surface area contributed by atoms with E-state index in [0.717, 1.165) is 10.7 Å². The van der Waals surface area contributed by atoms with Crippen LogP contribution >= 0.6 is 11.8 Å². The highest BCUT2D eigenvalue weighted by Gasteiger charge is 2.62. The number of halogens is 1. The summed E-state index contributed by atoms with van der Waals surface area (Å²) in [5, 5.41) is 2.39. The van der Waals surface area contributed by atoms with Gasteiger partial charge < -0.3 is 9.64 Å². The third-order valence-corrected chi connectivity index (χ3v) is 7.29. The van der Waals surface area contributed by atoms with Crippen LogP contribution in [-0.2, 0) is 16.0 Å². The monoisotopic (exact) mass is 441 g/mol. The summed E-state index contributed by atoms with van der Waals surface area (Å²) in [7, 11) is 1.52. The molecule has 31 heavy (non-hydrogen) atoms. The van der Waals surface area contributed by atoms with E-state index in [0.29, 0.717) is 35.0 Å². The molecule has 2 aromatic rings. The van der Waals surface area contributed by atoms with E-state index >= 15 is 0 Å². The van der Waals surface area contributed by atoms with Gasteiger partial charge >= 0.3 is 6.03 Å². The maximum Gasteiger partial charge on any atom is 0.335 e. The summed E-state index contributed by atoms with van der Waals surface area (Å²) in [5.74, 6) is 0.250. The Bertz CT molecular complexity index is 1090. The maximum atomic E-state index is 14.8. The molecule has 2 aromatic carbocycles. The number of thioether (sulfide) groups is 1. The predicted octanol–water partition coefficient (Wildman–Crippen LogP) is 2.58. The first-order valence-corrected chi connectivity index (χ1v) is 11.1. The van der Waals surface area contributed by atoms with Crippen molar-refractivity contribution in [2.24, 2.45) is 5.41 Å². The van der Waals surface area contributed by atoms with Crippen LogP contribution in [0.15, 0.2) is 42.5 Å². The number of imide groups is 2. The largest absolute Gasteiger partial charge is 0.497 e. The van der Waals surface area contributed by atoms with Crippen LogP contribution in [0.5, 0.6) is 5.75 Å². The smallest absolute Gasteiger partial charge is 0.335 e. The zero-order chi connectivity index (χ0) is 21.8. The molecule has 9 heteroatoms. The normalized spacial score (nSPS) is 25.2. The highest BCUT2D eigenvalue weighted by atomic mass is 32.2. The fourth-order valence-electron chi connectivity index (χ4n) is 4.79. The number of ether oxygens (including phenoxy) is 1. The Morgan fingerprint density at radius 2 is 1.94 bits per heavy atom. The van der Waals surface area contributed by atoms with E-state index in [4.69, 9.17) is 4.74 Å². The van der Waals surface area contributed by atoms with E-state index in [1.54, 1.807) is 48.2 Å². The van der Waals surface area contributed by atoms with Crippen molar-refractivity contribution in [1.29, 1.82) is 0 Å². The first kappa shape index (κ1) is 19.9. The number of para-hydroxylation sites is 1. The van der Waals surface area contributed by atoms with Crippen LogP contribution in [-0.4, -0.2) is 49.0 Å². The van der Waals surface area contributed by atoms with Crippen LogP contribution in [0, 0.1) is 11.2 Å². The highest BCUT2D eigenvalue weighted by Crippen LogP contribution is 2.48. The molecule has 2 atom stereocenters. The molecule has 3 aliphatic rings. The lowest BCUT2D eigenvalue weighted by Crippen LogP contribution is -2.73. The number of methoxy groups -OCH3 is 1. The maximum absolute atomic E-state index is 14.8. The second-order valence-corrected chi connectivity index (χ2v) is 8.93. The molecule has 0 unspecified atom stereocenters. The molecule has 160 valence electrons. The number of benzene rings is 2. The Morgan fingerprint density at radius 1 is 1.16 bits per heavy atom. The summed E-state index contributed by atoms with van der Waals surface area (Å²) < 4.78 is 19.9. The lowest BCUT2D eigenvalue weighted by Gasteiger charge is -2.53. The number of carbonyl (C=O) groups is 3. The number of hydrogen-bond acceptors (Lipinski definition) is 6. The molecule has 0 saturated carbocycles. The Hall–Kier alpha value is -3.07. The lowest BCUT2D eigenvalue weighted by molar-refractivity contribution is -0.144. The van der Waals surface area contributed by atoms with Gasteiger partial charge in [0.15, 0.2) is 5.41 Å². The molecule has 3 aliphatic heterocycles. The summed E-state index contributed by atoms with van der Waals surface area (Å²) in [6.45, 7) is 0.516. The number of amides is 4. The van der Waals surface area contributed by atoms with Gasteiger partial charge in [-0.25, -0.2) is 14.1 Å². The molecule has 2 fully saturated rings. The minimum atomic E-state index is -1.53. The van der Waals surface area contributed by atoms with Crippen LogP contribution in [0.4, 0.5) is 20.6 Å². The van der Waals surface area contributed by atoms with Gasteiger partial charge in [-0.3, -0.25) is 14.9 Å². The summed E-state index contributed by atoms with van der Waals surface area (Å²) in [4.78, 5) is 42.8. The minimum absolute atomic E-state index is 0.0341. The molecule has 1 N–H and O–H groups in total. The SMILES string of the molecule is COc1ccc(N2C(=O)NC(=O)[C@]3(Cc4cccc(F)c4N4CCSC[C@H]43)C2=O)cc1. The van der Waals surface area contributed by atoms with Gasteiger partial charge in [-0.05, 0) is 42.3 Å². The molecule has 1 spiro atoms. The van der Waals surface area contributed by atoms with E-state index in [-0.39, 0.29) is 12.2 Å². The number of nitrogens with one attached hydrogen (secondary N) is 1. The second-order valence-electron chi connectivity index (χ2n) is 7.78. The van der Waals surface area contributed by atoms with Crippen molar-refractivity contribution >= 4 is 41.0 Å². The van der Waals surface area contributed by atoms with E-state index in [2.05, 4.69) is 5.32 Å². The molecule has 7 nitrogen and oxygen atoms in total.